The fraction of sp³-hybridized carbons (Fsp3) is 0.316. The number of unbranched alkanes of at least 4 members (excludes halogenated alkanes) is 3. The summed E-state index contributed by atoms with van der Waals surface area (Å²) in [6.07, 6.45) is 5.91. The van der Waals surface area contributed by atoms with Crippen LogP contribution in [-0.2, 0) is 6.42 Å². The van der Waals surface area contributed by atoms with E-state index >= 15 is 0 Å². The lowest BCUT2D eigenvalue weighted by Crippen LogP contribution is -2.05. The lowest BCUT2D eigenvalue weighted by atomic mass is 9.95. The van der Waals surface area contributed by atoms with E-state index in [2.05, 4.69) is 24.9 Å². The first-order valence-electron chi connectivity index (χ1n) is 7.67. The number of rotatable bonds is 7. The van der Waals surface area contributed by atoms with Crippen molar-refractivity contribution in [2.45, 2.75) is 39.0 Å². The summed E-state index contributed by atoms with van der Waals surface area (Å²) in [7, 11) is 0. The van der Waals surface area contributed by atoms with Gasteiger partial charge in [-0.15, -0.1) is 0 Å². The molecule has 1 N–H and O–H groups in total. The van der Waals surface area contributed by atoms with Crippen molar-refractivity contribution in [3.63, 3.8) is 0 Å². The van der Waals surface area contributed by atoms with Gasteiger partial charge in [-0.2, -0.15) is 0 Å². The molecule has 0 amide bonds. The number of ketones is 1. The summed E-state index contributed by atoms with van der Waals surface area (Å²) in [6.45, 7) is 2.22. The van der Waals surface area contributed by atoms with Crippen LogP contribution in [-0.4, -0.2) is 10.4 Å². The minimum atomic E-state index is 0.136. The molecule has 2 aromatic carbocycles. The Morgan fingerprint density at radius 3 is 2.23 bits per heavy atom. The van der Waals surface area contributed by atoms with Crippen LogP contribution < -0.4 is 0 Å². The smallest absolute Gasteiger partial charge is 0.193 e. The van der Waals surface area contributed by atoms with E-state index in [1.165, 1.54) is 24.8 Å². The largest absolute Gasteiger partial charge is 0.295 e. The Hall–Kier alpha value is -1.64. The maximum absolute atomic E-state index is 12.6. The third-order valence-corrected chi connectivity index (χ3v) is 3.60. The minimum absolute atomic E-state index is 0.136. The molecule has 0 bridgehead atoms. The number of hydrogen-bond donors (Lipinski definition) is 1. The average molecular weight is 319 g/mol. The summed E-state index contributed by atoms with van der Waals surface area (Å²) in [5, 5.41) is 0. The van der Waals surface area contributed by atoms with Gasteiger partial charge in [0.1, 0.15) is 0 Å². The molecule has 118 valence electrons. The SMILES string of the molecule is CCCCCCc1ccccc1C(=O)c1ccccc1.OCl. The zero-order chi connectivity index (χ0) is 16.2. The van der Waals surface area contributed by atoms with Gasteiger partial charge in [0.15, 0.2) is 5.78 Å². The monoisotopic (exact) mass is 318 g/mol. The van der Waals surface area contributed by atoms with Crippen LogP contribution >= 0.6 is 11.9 Å². The molecule has 0 heterocycles. The van der Waals surface area contributed by atoms with Gasteiger partial charge < -0.3 is 0 Å². The van der Waals surface area contributed by atoms with E-state index in [9.17, 15) is 4.79 Å². The molecule has 0 saturated heterocycles. The standard InChI is InChI=1S/C19H22O.ClHO/c1-2-3-4-6-11-16-12-9-10-15-18(16)19(20)17-13-7-5-8-14-17;1-2/h5,7-10,12-15H,2-4,6,11H2,1H3;2H. The molecule has 0 aliphatic carbocycles. The molecule has 0 saturated carbocycles. The highest BCUT2D eigenvalue weighted by Crippen LogP contribution is 2.17. The molecular weight excluding hydrogens is 296 g/mol. The minimum Gasteiger partial charge on any atom is -0.295 e. The maximum atomic E-state index is 12.6. The molecule has 0 spiro atoms. The van der Waals surface area contributed by atoms with Crippen LogP contribution in [0, 0.1) is 0 Å². The number of hydrogen-bond acceptors (Lipinski definition) is 2. The highest BCUT2D eigenvalue weighted by atomic mass is 35.5. The van der Waals surface area contributed by atoms with Gasteiger partial charge >= 0.3 is 0 Å². The lowest BCUT2D eigenvalue weighted by Gasteiger charge is -2.08. The summed E-state index contributed by atoms with van der Waals surface area (Å²) < 4.78 is 6.47. The predicted molar refractivity (Wildman–Crippen MR) is 92.2 cm³/mol. The number of halogens is 1. The van der Waals surface area contributed by atoms with Gasteiger partial charge in [-0.25, -0.2) is 0 Å². The van der Waals surface area contributed by atoms with Crippen molar-refractivity contribution >= 4 is 17.6 Å². The second-order valence-electron chi connectivity index (χ2n) is 5.16. The Morgan fingerprint density at radius 2 is 1.55 bits per heavy atom. The van der Waals surface area contributed by atoms with Crippen molar-refractivity contribution in [3.05, 3.63) is 71.3 Å². The van der Waals surface area contributed by atoms with Gasteiger partial charge in [0.2, 0.25) is 0 Å². The van der Waals surface area contributed by atoms with Gasteiger partial charge in [-0.3, -0.25) is 9.45 Å². The molecule has 0 radical (unpaired) electrons. The van der Waals surface area contributed by atoms with Gasteiger partial charge in [-0.05, 0) is 18.4 Å². The van der Waals surface area contributed by atoms with E-state index in [4.69, 9.17) is 4.66 Å². The van der Waals surface area contributed by atoms with Gasteiger partial charge in [0.25, 0.3) is 0 Å². The lowest BCUT2D eigenvalue weighted by molar-refractivity contribution is 0.103. The summed E-state index contributed by atoms with van der Waals surface area (Å²) in [5.74, 6) is 0.136. The van der Waals surface area contributed by atoms with Crippen LogP contribution in [0.4, 0.5) is 0 Å². The van der Waals surface area contributed by atoms with Crippen LogP contribution in [0.25, 0.3) is 0 Å². The molecule has 0 unspecified atom stereocenters. The molecule has 3 heteroatoms. The summed E-state index contributed by atoms with van der Waals surface area (Å²) >= 11 is 3.64. The Balaban J connectivity index is 0.00000116. The van der Waals surface area contributed by atoms with E-state index in [1.807, 2.05) is 48.5 Å². The quantitative estimate of drug-likeness (QED) is 0.564. The van der Waals surface area contributed by atoms with Crippen molar-refractivity contribution in [3.8, 4) is 0 Å². The molecule has 2 nitrogen and oxygen atoms in total. The van der Waals surface area contributed by atoms with Gasteiger partial charge in [0.05, 0.1) is 11.9 Å². The first-order valence-corrected chi connectivity index (χ1v) is 8.01. The van der Waals surface area contributed by atoms with Crippen LogP contribution in [0.15, 0.2) is 54.6 Å². The second kappa shape index (κ2) is 11.0. The van der Waals surface area contributed by atoms with E-state index in [1.54, 1.807) is 0 Å². The van der Waals surface area contributed by atoms with Crippen molar-refractivity contribution in [1.29, 1.82) is 0 Å². The Morgan fingerprint density at radius 1 is 0.909 bits per heavy atom. The highest BCUT2D eigenvalue weighted by Gasteiger charge is 2.12. The third-order valence-electron chi connectivity index (χ3n) is 3.60. The van der Waals surface area contributed by atoms with E-state index in [-0.39, 0.29) is 5.78 Å². The van der Waals surface area contributed by atoms with E-state index < -0.39 is 0 Å². The van der Waals surface area contributed by atoms with Crippen molar-refractivity contribution in [2.75, 3.05) is 0 Å². The van der Waals surface area contributed by atoms with Crippen LogP contribution in [0.5, 0.6) is 0 Å². The molecule has 0 atom stereocenters. The molecule has 0 fully saturated rings. The van der Waals surface area contributed by atoms with Crippen molar-refractivity contribution < 1.29 is 9.45 Å². The number of aryl methyl sites for hydroxylation is 1. The fourth-order valence-electron chi connectivity index (χ4n) is 2.45. The van der Waals surface area contributed by atoms with Crippen molar-refractivity contribution in [1.82, 2.24) is 0 Å². The topological polar surface area (TPSA) is 37.3 Å². The number of benzene rings is 2. The third kappa shape index (κ3) is 5.63. The predicted octanol–water partition coefficient (Wildman–Crippen LogP) is 5.17. The molecule has 0 aromatic heterocycles. The molecule has 0 aliphatic heterocycles. The Labute approximate surface area is 137 Å². The summed E-state index contributed by atoms with van der Waals surface area (Å²) in [4.78, 5) is 12.6. The average Bonchev–Trinajstić information content (AvgIpc) is 2.61. The summed E-state index contributed by atoms with van der Waals surface area (Å²) in [6, 6.07) is 17.5. The first kappa shape index (κ1) is 18.4. The van der Waals surface area contributed by atoms with Crippen LogP contribution in [0.1, 0.15) is 54.1 Å². The zero-order valence-electron chi connectivity index (χ0n) is 13.0. The van der Waals surface area contributed by atoms with Crippen LogP contribution in [0.3, 0.4) is 0 Å². The maximum Gasteiger partial charge on any atom is 0.193 e. The van der Waals surface area contributed by atoms with Gasteiger partial charge in [0, 0.05) is 11.1 Å². The number of carbonyl (C=O) groups excluding carboxylic acids is 1. The fourth-order valence-corrected chi connectivity index (χ4v) is 2.45. The first-order chi connectivity index (χ1) is 10.8. The number of carbonyl (C=O) groups is 1. The van der Waals surface area contributed by atoms with E-state index in [0.717, 1.165) is 24.0 Å². The molecule has 0 aliphatic rings. The molecule has 2 rings (SSSR count). The molecule has 22 heavy (non-hydrogen) atoms. The molecule has 2 aromatic rings. The van der Waals surface area contributed by atoms with Gasteiger partial charge in [-0.1, -0.05) is 80.8 Å². The molecular formula is C19H23ClO2. The zero-order valence-corrected chi connectivity index (χ0v) is 13.7. The normalized spacial score (nSPS) is 9.77. The highest BCUT2D eigenvalue weighted by molar-refractivity contribution is 6.09. The second-order valence-corrected chi connectivity index (χ2v) is 5.16. The van der Waals surface area contributed by atoms with Crippen LogP contribution in [0.2, 0.25) is 0 Å². The summed E-state index contributed by atoms with van der Waals surface area (Å²) in [5.41, 5.74) is 2.81. The Bertz CT molecular complexity index is 552. The Kier molecular flexibility index (Phi) is 9.20. The van der Waals surface area contributed by atoms with E-state index in [0.29, 0.717) is 0 Å². The van der Waals surface area contributed by atoms with Crippen molar-refractivity contribution in [2.24, 2.45) is 0 Å².